The summed E-state index contributed by atoms with van der Waals surface area (Å²) in [6, 6.07) is 7.79. The first kappa shape index (κ1) is 15.7. The van der Waals surface area contributed by atoms with Crippen molar-refractivity contribution in [1.82, 2.24) is 20.3 Å². The number of amides is 1. The Labute approximate surface area is 132 Å². The first-order valence-electron chi connectivity index (χ1n) is 6.92. The maximum atomic E-state index is 12.2. The largest absolute Gasteiger partial charge is 0.351 e. The summed E-state index contributed by atoms with van der Waals surface area (Å²) >= 11 is 3.39. The lowest BCUT2D eigenvalue weighted by molar-refractivity contribution is -0.121. The molecule has 1 aromatic carbocycles. The Morgan fingerprint density at radius 1 is 1.24 bits per heavy atom. The second-order valence-electron chi connectivity index (χ2n) is 5.31. The average Bonchev–Trinajstić information content (AvgIpc) is 2.93. The van der Waals surface area contributed by atoms with Crippen LogP contribution in [0.1, 0.15) is 19.4 Å². The van der Waals surface area contributed by atoms with Crippen LogP contribution >= 0.6 is 15.9 Å². The lowest BCUT2D eigenvalue weighted by Gasteiger charge is -2.21. The van der Waals surface area contributed by atoms with Crippen molar-refractivity contribution >= 4 is 21.8 Å². The van der Waals surface area contributed by atoms with Gasteiger partial charge in [0.2, 0.25) is 5.91 Å². The monoisotopic (exact) mass is 350 g/mol. The van der Waals surface area contributed by atoms with E-state index in [0.29, 0.717) is 18.9 Å². The highest BCUT2D eigenvalue weighted by Gasteiger charge is 2.17. The van der Waals surface area contributed by atoms with Crippen LogP contribution in [-0.2, 0) is 17.8 Å². The fourth-order valence-corrected chi connectivity index (χ4v) is 2.25. The number of benzene rings is 1. The summed E-state index contributed by atoms with van der Waals surface area (Å²) in [5.41, 5.74) is 0.996. The molecule has 1 heterocycles. The first-order chi connectivity index (χ1) is 10.0. The predicted molar refractivity (Wildman–Crippen MR) is 84.6 cm³/mol. The highest BCUT2D eigenvalue weighted by atomic mass is 79.9. The van der Waals surface area contributed by atoms with E-state index in [-0.39, 0.29) is 11.9 Å². The Bertz CT molecular complexity index is 566. The molecule has 1 aromatic heterocycles. The number of nitrogens with one attached hydrogen (secondary N) is 1. The Balaban J connectivity index is 1.93. The lowest BCUT2D eigenvalue weighted by Crippen LogP contribution is -2.42. The van der Waals surface area contributed by atoms with Crippen LogP contribution in [0, 0.1) is 5.92 Å². The summed E-state index contributed by atoms with van der Waals surface area (Å²) in [6.07, 6.45) is 3.66. The molecule has 0 saturated carbocycles. The summed E-state index contributed by atoms with van der Waals surface area (Å²) in [6.45, 7) is 4.74. The van der Waals surface area contributed by atoms with E-state index in [4.69, 9.17) is 0 Å². The van der Waals surface area contributed by atoms with Gasteiger partial charge in [-0.3, -0.25) is 4.79 Å². The third kappa shape index (κ3) is 4.97. The van der Waals surface area contributed by atoms with Gasteiger partial charge >= 0.3 is 0 Å². The van der Waals surface area contributed by atoms with Crippen molar-refractivity contribution < 1.29 is 4.79 Å². The SMILES string of the molecule is CC(C)C(Cn1nccn1)NC(=O)Cc1ccc(Br)cc1. The van der Waals surface area contributed by atoms with Gasteiger partial charge in [-0.25, -0.2) is 0 Å². The molecule has 0 aliphatic rings. The Morgan fingerprint density at radius 2 is 1.86 bits per heavy atom. The number of aromatic nitrogens is 3. The first-order valence-corrected chi connectivity index (χ1v) is 7.72. The molecule has 1 amide bonds. The fourth-order valence-electron chi connectivity index (χ4n) is 1.98. The topological polar surface area (TPSA) is 59.8 Å². The van der Waals surface area contributed by atoms with Crippen molar-refractivity contribution in [3.63, 3.8) is 0 Å². The molecule has 1 atom stereocenters. The molecule has 21 heavy (non-hydrogen) atoms. The molecule has 5 nitrogen and oxygen atoms in total. The van der Waals surface area contributed by atoms with E-state index in [0.717, 1.165) is 10.0 Å². The van der Waals surface area contributed by atoms with Gasteiger partial charge in [-0.1, -0.05) is 41.9 Å². The van der Waals surface area contributed by atoms with E-state index < -0.39 is 0 Å². The number of hydrogen-bond donors (Lipinski definition) is 1. The molecule has 2 aromatic rings. The molecule has 0 spiro atoms. The van der Waals surface area contributed by atoms with Gasteiger partial charge in [0.05, 0.1) is 31.4 Å². The zero-order valence-corrected chi connectivity index (χ0v) is 13.7. The van der Waals surface area contributed by atoms with Gasteiger partial charge in [0.1, 0.15) is 0 Å². The van der Waals surface area contributed by atoms with Crippen LogP contribution in [0.5, 0.6) is 0 Å². The molecular formula is C15H19BrN4O. The van der Waals surface area contributed by atoms with Crippen LogP contribution in [0.4, 0.5) is 0 Å². The third-order valence-electron chi connectivity index (χ3n) is 3.26. The van der Waals surface area contributed by atoms with Crippen molar-refractivity contribution in [1.29, 1.82) is 0 Å². The second kappa shape index (κ2) is 7.36. The van der Waals surface area contributed by atoms with Gasteiger partial charge in [0.25, 0.3) is 0 Å². The summed E-state index contributed by atoms with van der Waals surface area (Å²) in [5.74, 6) is 0.327. The van der Waals surface area contributed by atoms with Crippen LogP contribution in [0.3, 0.4) is 0 Å². The molecular weight excluding hydrogens is 332 g/mol. The quantitative estimate of drug-likeness (QED) is 0.870. The van der Waals surface area contributed by atoms with Gasteiger partial charge in [0.15, 0.2) is 0 Å². The van der Waals surface area contributed by atoms with Crippen LogP contribution < -0.4 is 5.32 Å². The molecule has 0 saturated heterocycles. The van der Waals surface area contributed by atoms with Gasteiger partial charge in [-0.05, 0) is 23.6 Å². The Kier molecular flexibility index (Phi) is 5.50. The molecule has 6 heteroatoms. The van der Waals surface area contributed by atoms with Gasteiger partial charge in [-0.15, -0.1) is 0 Å². The van der Waals surface area contributed by atoms with Crippen molar-refractivity contribution in [2.45, 2.75) is 32.9 Å². The standard InChI is InChI=1S/C15H19BrN4O/c1-11(2)14(10-20-17-7-8-18-20)19-15(21)9-12-3-5-13(16)6-4-12/h3-8,11,14H,9-10H2,1-2H3,(H,19,21). The minimum atomic E-state index is 0.0142. The number of carbonyl (C=O) groups is 1. The molecule has 0 radical (unpaired) electrons. The molecule has 0 aliphatic heterocycles. The van der Waals surface area contributed by atoms with E-state index in [1.54, 1.807) is 17.2 Å². The highest BCUT2D eigenvalue weighted by molar-refractivity contribution is 9.10. The number of rotatable bonds is 6. The fraction of sp³-hybridized carbons (Fsp3) is 0.400. The summed E-state index contributed by atoms with van der Waals surface area (Å²) < 4.78 is 1.01. The molecule has 112 valence electrons. The molecule has 1 N–H and O–H groups in total. The van der Waals surface area contributed by atoms with Gasteiger partial charge < -0.3 is 5.32 Å². The van der Waals surface area contributed by atoms with Crippen molar-refractivity contribution in [3.05, 3.63) is 46.7 Å². The smallest absolute Gasteiger partial charge is 0.224 e. The average molecular weight is 351 g/mol. The van der Waals surface area contributed by atoms with E-state index >= 15 is 0 Å². The maximum absolute atomic E-state index is 12.2. The molecule has 1 unspecified atom stereocenters. The highest BCUT2D eigenvalue weighted by Crippen LogP contribution is 2.11. The Hall–Kier alpha value is -1.69. The molecule has 0 fully saturated rings. The molecule has 0 aliphatic carbocycles. The molecule has 2 rings (SSSR count). The van der Waals surface area contributed by atoms with Crippen LogP contribution in [0.2, 0.25) is 0 Å². The summed E-state index contributed by atoms with van der Waals surface area (Å²) in [5, 5.41) is 11.2. The summed E-state index contributed by atoms with van der Waals surface area (Å²) in [4.78, 5) is 13.8. The van der Waals surface area contributed by atoms with Crippen LogP contribution in [0.25, 0.3) is 0 Å². The normalized spacial score (nSPS) is 12.4. The minimum Gasteiger partial charge on any atom is -0.351 e. The van der Waals surface area contributed by atoms with E-state index in [9.17, 15) is 4.79 Å². The zero-order chi connectivity index (χ0) is 15.2. The second-order valence-corrected chi connectivity index (χ2v) is 6.22. The lowest BCUT2D eigenvalue weighted by atomic mass is 10.0. The molecule has 0 bridgehead atoms. The van der Waals surface area contributed by atoms with Crippen LogP contribution in [0.15, 0.2) is 41.1 Å². The minimum absolute atomic E-state index is 0.0142. The number of nitrogens with zero attached hydrogens (tertiary/aromatic N) is 3. The number of halogens is 1. The van der Waals surface area contributed by atoms with E-state index in [2.05, 4.69) is 45.3 Å². The van der Waals surface area contributed by atoms with E-state index in [1.807, 2.05) is 24.3 Å². The van der Waals surface area contributed by atoms with Crippen molar-refractivity contribution in [3.8, 4) is 0 Å². The van der Waals surface area contributed by atoms with Crippen molar-refractivity contribution in [2.24, 2.45) is 5.92 Å². The van der Waals surface area contributed by atoms with Crippen LogP contribution in [-0.4, -0.2) is 26.9 Å². The zero-order valence-electron chi connectivity index (χ0n) is 12.2. The maximum Gasteiger partial charge on any atom is 0.224 e. The van der Waals surface area contributed by atoms with E-state index in [1.165, 1.54) is 0 Å². The predicted octanol–water partition coefficient (Wildman–Crippen LogP) is 2.42. The van der Waals surface area contributed by atoms with Gasteiger partial charge in [-0.2, -0.15) is 15.0 Å². The Morgan fingerprint density at radius 3 is 2.43 bits per heavy atom. The number of hydrogen-bond acceptors (Lipinski definition) is 3. The van der Waals surface area contributed by atoms with Crippen molar-refractivity contribution in [2.75, 3.05) is 0 Å². The van der Waals surface area contributed by atoms with Gasteiger partial charge in [0, 0.05) is 4.47 Å². The third-order valence-corrected chi connectivity index (χ3v) is 3.78. The summed E-state index contributed by atoms with van der Waals surface area (Å²) in [7, 11) is 0. The number of carbonyl (C=O) groups excluding carboxylic acids is 1.